The van der Waals surface area contributed by atoms with Crippen molar-refractivity contribution in [3.8, 4) is 11.6 Å². The van der Waals surface area contributed by atoms with Gasteiger partial charge >= 0.3 is 0 Å². The molecule has 3 heteroatoms. The molecule has 3 nitrogen and oxygen atoms in total. The summed E-state index contributed by atoms with van der Waals surface area (Å²) in [4.78, 5) is 4.11. The second kappa shape index (κ2) is 4.23. The molecular weight excluding hydrogens is 200 g/mol. The second-order valence-electron chi connectivity index (χ2n) is 3.76. The molecule has 0 radical (unpaired) electrons. The molecule has 1 aromatic carbocycles. The van der Waals surface area contributed by atoms with Gasteiger partial charge in [0.2, 0.25) is 5.88 Å². The Balaban J connectivity index is 2.27. The summed E-state index contributed by atoms with van der Waals surface area (Å²) in [6.07, 6.45) is 1.69. The highest BCUT2D eigenvalue weighted by Gasteiger charge is 2.05. The van der Waals surface area contributed by atoms with E-state index in [0.717, 1.165) is 11.3 Å². The molecule has 0 aliphatic carbocycles. The van der Waals surface area contributed by atoms with Gasteiger partial charge in [0.25, 0.3) is 0 Å². The first-order chi connectivity index (χ1) is 7.66. The van der Waals surface area contributed by atoms with E-state index >= 15 is 0 Å². The fourth-order valence-electron chi connectivity index (χ4n) is 1.34. The van der Waals surface area contributed by atoms with E-state index in [1.807, 2.05) is 44.2 Å². The maximum absolute atomic E-state index is 5.87. The number of nitrogen functional groups attached to an aromatic ring is 1. The van der Waals surface area contributed by atoms with Crippen molar-refractivity contribution in [2.24, 2.45) is 0 Å². The minimum Gasteiger partial charge on any atom is -0.437 e. The minimum absolute atomic E-state index is 0.462. The maximum atomic E-state index is 5.87. The van der Waals surface area contributed by atoms with E-state index in [0.29, 0.717) is 11.6 Å². The highest BCUT2D eigenvalue weighted by atomic mass is 16.5. The number of aromatic nitrogens is 1. The molecule has 1 heterocycles. The summed E-state index contributed by atoms with van der Waals surface area (Å²) in [5, 5.41) is 0. The van der Waals surface area contributed by atoms with Crippen molar-refractivity contribution in [3.63, 3.8) is 0 Å². The average molecular weight is 214 g/mol. The van der Waals surface area contributed by atoms with Gasteiger partial charge in [0, 0.05) is 6.20 Å². The van der Waals surface area contributed by atoms with E-state index in [9.17, 15) is 0 Å². The highest BCUT2D eigenvalue weighted by molar-refractivity contribution is 5.55. The largest absolute Gasteiger partial charge is 0.437 e. The third-order valence-corrected chi connectivity index (χ3v) is 2.41. The molecule has 1 aromatic heterocycles. The lowest BCUT2D eigenvalue weighted by atomic mass is 10.2. The molecule has 2 aromatic rings. The van der Waals surface area contributed by atoms with E-state index < -0.39 is 0 Å². The number of anilines is 1. The van der Waals surface area contributed by atoms with Crippen LogP contribution in [0.2, 0.25) is 0 Å². The smallest absolute Gasteiger partial charge is 0.242 e. The molecule has 0 fully saturated rings. The van der Waals surface area contributed by atoms with Crippen LogP contribution in [0, 0.1) is 13.8 Å². The van der Waals surface area contributed by atoms with Crippen molar-refractivity contribution in [1.29, 1.82) is 0 Å². The summed E-state index contributed by atoms with van der Waals surface area (Å²) >= 11 is 0. The summed E-state index contributed by atoms with van der Waals surface area (Å²) in [6, 6.07) is 9.64. The fraction of sp³-hybridized carbons (Fsp3) is 0.154. The van der Waals surface area contributed by atoms with Gasteiger partial charge in [0.05, 0.1) is 5.69 Å². The van der Waals surface area contributed by atoms with Crippen LogP contribution in [0.1, 0.15) is 11.1 Å². The Morgan fingerprint density at radius 1 is 1.06 bits per heavy atom. The first kappa shape index (κ1) is 10.5. The average Bonchev–Trinajstić information content (AvgIpc) is 2.28. The Kier molecular flexibility index (Phi) is 2.77. The molecule has 82 valence electrons. The van der Waals surface area contributed by atoms with Crippen LogP contribution in [0.4, 0.5) is 5.69 Å². The predicted molar refractivity (Wildman–Crippen MR) is 64.6 cm³/mol. The summed E-state index contributed by atoms with van der Waals surface area (Å²) in [5.41, 5.74) is 8.62. The van der Waals surface area contributed by atoms with Crippen LogP contribution in [-0.2, 0) is 0 Å². The maximum Gasteiger partial charge on any atom is 0.242 e. The number of rotatable bonds is 2. The Bertz CT molecular complexity index is 492. The normalized spacial score (nSPS) is 10.1. The number of ether oxygens (including phenoxy) is 1. The number of aryl methyl sites for hydroxylation is 2. The van der Waals surface area contributed by atoms with Crippen LogP contribution in [0.15, 0.2) is 36.5 Å². The monoisotopic (exact) mass is 214 g/mol. The Morgan fingerprint density at radius 3 is 2.44 bits per heavy atom. The first-order valence-corrected chi connectivity index (χ1v) is 5.12. The molecule has 2 N–H and O–H groups in total. The summed E-state index contributed by atoms with van der Waals surface area (Å²) < 4.78 is 5.61. The van der Waals surface area contributed by atoms with Gasteiger partial charge in [-0.15, -0.1) is 0 Å². The van der Waals surface area contributed by atoms with Gasteiger partial charge in [0.15, 0.2) is 0 Å². The van der Waals surface area contributed by atoms with Crippen molar-refractivity contribution in [3.05, 3.63) is 47.7 Å². The second-order valence-corrected chi connectivity index (χ2v) is 3.76. The molecule has 0 saturated carbocycles. The van der Waals surface area contributed by atoms with Gasteiger partial charge in [-0.3, -0.25) is 0 Å². The van der Waals surface area contributed by atoms with Gasteiger partial charge in [0.1, 0.15) is 5.75 Å². The molecule has 2 rings (SSSR count). The van der Waals surface area contributed by atoms with Crippen molar-refractivity contribution in [2.75, 3.05) is 5.73 Å². The topological polar surface area (TPSA) is 48.1 Å². The molecule has 0 bridgehead atoms. The van der Waals surface area contributed by atoms with Crippen LogP contribution >= 0.6 is 0 Å². The van der Waals surface area contributed by atoms with Crippen LogP contribution in [0.3, 0.4) is 0 Å². The third kappa shape index (κ3) is 2.14. The molecule has 0 atom stereocenters. The van der Waals surface area contributed by atoms with Crippen molar-refractivity contribution >= 4 is 5.69 Å². The van der Waals surface area contributed by atoms with Gasteiger partial charge < -0.3 is 10.5 Å². The summed E-state index contributed by atoms with van der Waals surface area (Å²) in [6.45, 7) is 3.96. The van der Waals surface area contributed by atoms with Crippen molar-refractivity contribution < 1.29 is 4.74 Å². The fourth-order valence-corrected chi connectivity index (χ4v) is 1.34. The number of hydrogen-bond acceptors (Lipinski definition) is 3. The van der Waals surface area contributed by atoms with Crippen molar-refractivity contribution in [1.82, 2.24) is 4.98 Å². The van der Waals surface area contributed by atoms with E-state index in [4.69, 9.17) is 10.5 Å². The number of hydrogen-bond donors (Lipinski definition) is 1. The predicted octanol–water partition coefficient (Wildman–Crippen LogP) is 3.07. The van der Waals surface area contributed by atoms with Crippen LogP contribution in [0.25, 0.3) is 0 Å². The van der Waals surface area contributed by atoms with Crippen LogP contribution < -0.4 is 10.5 Å². The molecule has 0 saturated heterocycles. The van der Waals surface area contributed by atoms with Gasteiger partial charge in [-0.1, -0.05) is 17.7 Å². The summed E-state index contributed by atoms with van der Waals surface area (Å²) in [7, 11) is 0. The van der Waals surface area contributed by atoms with Crippen molar-refractivity contribution in [2.45, 2.75) is 13.8 Å². The van der Waals surface area contributed by atoms with Crippen LogP contribution in [0.5, 0.6) is 11.6 Å². The Labute approximate surface area is 94.9 Å². The van der Waals surface area contributed by atoms with E-state index in [1.165, 1.54) is 5.56 Å². The molecule has 0 aliphatic rings. The minimum atomic E-state index is 0.462. The number of nitrogens with zero attached hydrogens (tertiary/aromatic N) is 1. The SMILES string of the molecule is Cc1ccc(Oc2nccc(C)c2N)cc1. The highest BCUT2D eigenvalue weighted by Crippen LogP contribution is 2.26. The van der Waals surface area contributed by atoms with Gasteiger partial charge in [-0.2, -0.15) is 0 Å². The lowest BCUT2D eigenvalue weighted by molar-refractivity contribution is 0.465. The van der Waals surface area contributed by atoms with Crippen LogP contribution in [-0.4, -0.2) is 4.98 Å². The lowest BCUT2D eigenvalue weighted by Gasteiger charge is -2.08. The molecule has 0 unspecified atom stereocenters. The molecule has 0 spiro atoms. The Hall–Kier alpha value is -2.03. The zero-order chi connectivity index (χ0) is 11.5. The molecule has 0 aliphatic heterocycles. The number of benzene rings is 1. The quantitative estimate of drug-likeness (QED) is 0.835. The van der Waals surface area contributed by atoms with E-state index in [1.54, 1.807) is 6.20 Å². The van der Waals surface area contributed by atoms with E-state index in [2.05, 4.69) is 4.98 Å². The summed E-state index contributed by atoms with van der Waals surface area (Å²) in [5.74, 6) is 1.21. The van der Waals surface area contributed by atoms with E-state index in [-0.39, 0.29) is 0 Å². The Morgan fingerprint density at radius 2 is 1.75 bits per heavy atom. The molecular formula is C13H14N2O. The number of nitrogens with two attached hydrogens (primary N) is 1. The third-order valence-electron chi connectivity index (χ3n) is 2.41. The first-order valence-electron chi connectivity index (χ1n) is 5.12. The molecule has 16 heavy (non-hydrogen) atoms. The molecule has 0 amide bonds. The standard InChI is InChI=1S/C13H14N2O/c1-9-3-5-11(6-4-9)16-13-12(14)10(2)7-8-15-13/h3-8H,14H2,1-2H3. The number of pyridine rings is 1. The van der Waals surface area contributed by atoms with Gasteiger partial charge in [-0.05, 0) is 37.6 Å². The zero-order valence-electron chi connectivity index (χ0n) is 9.40. The van der Waals surface area contributed by atoms with Gasteiger partial charge in [-0.25, -0.2) is 4.98 Å². The lowest BCUT2D eigenvalue weighted by Crippen LogP contribution is -1.97. The zero-order valence-corrected chi connectivity index (χ0v) is 9.40.